The van der Waals surface area contributed by atoms with E-state index in [4.69, 9.17) is 9.47 Å². The quantitative estimate of drug-likeness (QED) is 0.205. The first-order valence-corrected chi connectivity index (χ1v) is 10.4. The predicted molar refractivity (Wildman–Crippen MR) is 118 cm³/mol. The van der Waals surface area contributed by atoms with Crippen molar-refractivity contribution in [2.75, 3.05) is 25.3 Å². The fraction of sp³-hybridized carbons (Fsp3) is 0.190. The monoisotopic (exact) mass is 494 g/mol. The third kappa shape index (κ3) is 6.13. The van der Waals surface area contributed by atoms with Crippen molar-refractivity contribution in [3.05, 3.63) is 64.3 Å². The molecule has 0 bridgehead atoms. The van der Waals surface area contributed by atoms with Gasteiger partial charge in [-0.15, -0.1) is 0 Å². The van der Waals surface area contributed by atoms with E-state index >= 15 is 0 Å². The zero-order chi connectivity index (χ0) is 24.9. The Morgan fingerprint density at radius 1 is 1.06 bits per heavy atom. The maximum atomic E-state index is 13.4. The van der Waals surface area contributed by atoms with Crippen LogP contribution >= 0.6 is 11.8 Å². The van der Waals surface area contributed by atoms with E-state index in [2.05, 4.69) is 15.3 Å². The Kier molecular flexibility index (Phi) is 7.56. The molecule has 0 aliphatic heterocycles. The number of nitrogens with zero attached hydrogens (tertiary/aromatic N) is 3. The summed E-state index contributed by atoms with van der Waals surface area (Å²) in [6, 6.07) is 10.9. The summed E-state index contributed by atoms with van der Waals surface area (Å²) in [7, 11) is 2.80. The van der Waals surface area contributed by atoms with Gasteiger partial charge in [0.25, 0.3) is 5.69 Å². The summed E-state index contributed by atoms with van der Waals surface area (Å²) in [4.78, 5) is 30.5. The molecule has 34 heavy (non-hydrogen) atoms. The number of anilines is 1. The van der Waals surface area contributed by atoms with Crippen molar-refractivity contribution in [2.45, 2.75) is 11.3 Å². The molecule has 178 valence electrons. The lowest BCUT2D eigenvalue weighted by Crippen LogP contribution is -2.16. The number of carbonyl (C=O) groups excluding carboxylic acids is 1. The van der Waals surface area contributed by atoms with Crippen LogP contribution in [0, 0.1) is 10.1 Å². The van der Waals surface area contributed by atoms with E-state index in [1.807, 2.05) is 0 Å². The van der Waals surface area contributed by atoms with E-state index < -0.39 is 28.4 Å². The number of nitrogens with one attached hydrogen (secondary N) is 1. The number of nitro benzene ring substituents is 1. The summed E-state index contributed by atoms with van der Waals surface area (Å²) in [6.45, 7) is 0. The molecule has 0 aliphatic rings. The number of thioether (sulfide) groups is 1. The highest BCUT2D eigenvalue weighted by Gasteiger charge is 2.34. The van der Waals surface area contributed by atoms with Crippen LogP contribution in [0.4, 0.5) is 24.5 Å². The third-order valence-corrected chi connectivity index (χ3v) is 5.24. The number of carbonyl (C=O) groups is 1. The van der Waals surface area contributed by atoms with Gasteiger partial charge in [0.05, 0.1) is 36.7 Å². The second-order valence-corrected chi connectivity index (χ2v) is 7.57. The molecule has 3 rings (SSSR count). The van der Waals surface area contributed by atoms with Crippen molar-refractivity contribution in [3.8, 4) is 22.8 Å². The highest BCUT2D eigenvalue weighted by atomic mass is 32.2. The lowest BCUT2D eigenvalue weighted by Gasteiger charge is -2.11. The fourth-order valence-corrected chi connectivity index (χ4v) is 3.41. The number of aromatic nitrogens is 2. The second-order valence-electron chi connectivity index (χ2n) is 6.62. The summed E-state index contributed by atoms with van der Waals surface area (Å²) in [5.74, 6) is -0.326. The molecule has 0 spiro atoms. The first kappa shape index (κ1) is 24.8. The molecule has 3 aromatic rings. The highest BCUT2D eigenvalue weighted by Crippen LogP contribution is 2.33. The van der Waals surface area contributed by atoms with E-state index in [9.17, 15) is 28.1 Å². The standard InChI is InChI=1S/C21H17F3N4O5S/c1-32-13-5-3-12(4-6-13)16-10-18(21(22,23)24)27-20(26-16)34-11-19(29)25-15-8-7-14(33-2)9-17(15)28(30)31/h3-10H,11H2,1-2H3,(H,25,29). The topological polar surface area (TPSA) is 116 Å². The van der Waals surface area contributed by atoms with Gasteiger partial charge in [0.1, 0.15) is 22.9 Å². The fourth-order valence-electron chi connectivity index (χ4n) is 2.76. The number of ether oxygens (including phenoxy) is 2. The van der Waals surface area contributed by atoms with Gasteiger partial charge < -0.3 is 14.8 Å². The molecule has 9 nitrogen and oxygen atoms in total. The van der Waals surface area contributed by atoms with Crippen LogP contribution in [0.15, 0.2) is 53.7 Å². The van der Waals surface area contributed by atoms with Crippen LogP contribution in [0.25, 0.3) is 11.3 Å². The number of benzene rings is 2. The van der Waals surface area contributed by atoms with E-state index in [0.717, 1.165) is 12.1 Å². The molecule has 0 saturated heterocycles. The van der Waals surface area contributed by atoms with Gasteiger partial charge in [-0.1, -0.05) is 11.8 Å². The number of alkyl halides is 3. The van der Waals surface area contributed by atoms with Gasteiger partial charge in [-0.05, 0) is 42.5 Å². The first-order valence-electron chi connectivity index (χ1n) is 9.46. The van der Waals surface area contributed by atoms with Crippen LogP contribution in [0.5, 0.6) is 11.5 Å². The Balaban J connectivity index is 1.81. The summed E-state index contributed by atoms with van der Waals surface area (Å²) < 4.78 is 50.1. The van der Waals surface area contributed by atoms with Gasteiger partial charge in [0.2, 0.25) is 5.91 Å². The van der Waals surface area contributed by atoms with Crippen LogP contribution in [-0.2, 0) is 11.0 Å². The molecule has 13 heteroatoms. The third-order valence-electron chi connectivity index (χ3n) is 4.39. The number of amides is 1. The minimum Gasteiger partial charge on any atom is -0.497 e. The van der Waals surface area contributed by atoms with Gasteiger partial charge in [-0.3, -0.25) is 14.9 Å². The van der Waals surface area contributed by atoms with Crippen LogP contribution < -0.4 is 14.8 Å². The van der Waals surface area contributed by atoms with E-state index in [0.29, 0.717) is 23.1 Å². The average molecular weight is 494 g/mol. The molecule has 0 fully saturated rings. The normalized spacial score (nSPS) is 11.1. The van der Waals surface area contributed by atoms with Crippen molar-refractivity contribution in [2.24, 2.45) is 0 Å². The van der Waals surface area contributed by atoms with E-state index in [1.165, 1.54) is 26.4 Å². The molecule has 0 atom stereocenters. The Bertz CT molecular complexity index is 1210. The van der Waals surface area contributed by atoms with Gasteiger partial charge in [-0.25, -0.2) is 9.97 Å². The van der Waals surface area contributed by atoms with Gasteiger partial charge in [-0.2, -0.15) is 13.2 Å². The summed E-state index contributed by atoms with van der Waals surface area (Å²) in [5, 5.41) is 13.3. The number of halogens is 3. The molecule has 1 amide bonds. The lowest BCUT2D eigenvalue weighted by atomic mass is 10.1. The summed E-state index contributed by atoms with van der Waals surface area (Å²) in [6.07, 6.45) is -4.73. The number of hydrogen-bond acceptors (Lipinski definition) is 8. The van der Waals surface area contributed by atoms with E-state index in [1.54, 1.807) is 24.3 Å². The van der Waals surface area contributed by atoms with Crippen LogP contribution in [0.2, 0.25) is 0 Å². The Morgan fingerprint density at radius 2 is 1.71 bits per heavy atom. The predicted octanol–water partition coefficient (Wildman–Crippen LogP) is 4.82. The van der Waals surface area contributed by atoms with Crippen molar-refractivity contribution in [3.63, 3.8) is 0 Å². The zero-order valence-corrected chi connectivity index (χ0v) is 18.6. The van der Waals surface area contributed by atoms with Gasteiger partial charge >= 0.3 is 6.18 Å². The first-order chi connectivity index (χ1) is 16.1. The molecule has 1 aromatic heterocycles. The smallest absolute Gasteiger partial charge is 0.433 e. The molecule has 0 radical (unpaired) electrons. The summed E-state index contributed by atoms with van der Waals surface area (Å²) >= 11 is 0.663. The SMILES string of the molecule is COc1ccc(-c2cc(C(F)(F)F)nc(SCC(=O)Nc3ccc(OC)cc3[N+](=O)[O-])n2)cc1. The zero-order valence-electron chi connectivity index (χ0n) is 17.8. The minimum atomic E-state index is -4.73. The number of rotatable bonds is 8. The highest BCUT2D eigenvalue weighted by molar-refractivity contribution is 7.99. The maximum absolute atomic E-state index is 13.4. The molecule has 2 aromatic carbocycles. The van der Waals surface area contributed by atoms with Crippen LogP contribution in [-0.4, -0.2) is 40.8 Å². The number of hydrogen-bond donors (Lipinski definition) is 1. The largest absolute Gasteiger partial charge is 0.497 e. The molecule has 0 unspecified atom stereocenters. The van der Waals surface area contributed by atoms with Crippen molar-refractivity contribution in [1.29, 1.82) is 0 Å². The number of methoxy groups -OCH3 is 2. The Labute approximate surface area is 195 Å². The minimum absolute atomic E-state index is 0.0127. The Hall–Kier alpha value is -3.87. The van der Waals surface area contributed by atoms with Crippen LogP contribution in [0.3, 0.4) is 0 Å². The molecular formula is C21H17F3N4O5S. The summed E-state index contributed by atoms with van der Waals surface area (Å²) in [5.41, 5.74) is -1.23. The average Bonchev–Trinajstić information content (AvgIpc) is 2.82. The molecule has 0 saturated carbocycles. The molecule has 0 aliphatic carbocycles. The number of nitro groups is 1. The van der Waals surface area contributed by atoms with Crippen molar-refractivity contribution >= 4 is 29.0 Å². The van der Waals surface area contributed by atoms with Crippen molar-refractivity contribution < 1.29 is 32.4 Å². The van der Waals surface area contributed by atoms with E-state index in [-0.39, 0.29) is 28.0 Å². The molecule has 1 N–H and O–H groups in total. The molecule has 1 heterocycles. The van der Waals surface area contributed by atoms with Gasteiger partial charge in [0.15, 0.2) is 5.16 Å². The molecular weight excluding hydrogens is 477 g/mol. The maximum Gasteiger partial charge on any atom is 0.433 e. The lowest BCUT2D eigenvalue weighted by molar-refractivity contribution is -0.384. The second kappa shape index (κ2) is 10.4. The van der Waals surface area contributed by atoms with Gasteiger partial charge in [0, 0.05) is 5.56 Å². The van der Waals surface area contributed by atoms with Crippen molar-refractivity contribution in [1.82, 2.24) is 9.97 Å². The van der Waals surface area contributed by atoms with Crippen LogP contribution in [0.1, 0.15) is 5.69 Å². The Morgan fingerprint density at radius 3 is 2.29 bits per heavy atom.